The van der Waals surface area contributed by atoms with Gasteiger partial charge in [0.1, 0.15) is 4.90 Å². The number of nitrogens with zero attached hydrogens (tertiary/aromatic N) is 2. The van der Waals surface area contributed by atoms with Crippen LogP contribution in [-0.4, -0.2) is 30.8 Å². The molecule has 0 aliphatic heterocycles. The number of hydrogen-bond donors (Lipinski definition) is 0. The molecule has 1 heterocycles. The van der Waals surface area contributed by atoms with Gasteiger partial charge in [-0.1, -0.05) is 34.1 Å². The van der Waals surface area contributed by atoms with E-state index in [9.17, 15) is 8.42 Å². The Bertz CT molecular complexity index is 492. The van der Waals surface area contributed by atoms with Gasteiger partial charge >= 0.3 is 0 Å². The summed E-state index contributed by atoms with van der Waals surface area (Å²) >= 11 is 0. The zero-order valence-corrected chi connectivity index (χ0v) is 13.8. The molecule has 0 bridgehead atoms. The third kappa shape index (κ3) is 5.21. The Kier molecular flexibility index (Phi) is 6.14. The molecule has 0 fully saturated rings. The fourth-order valence-corrected chi connectivity index (χ4v) is 3.24. The van der Waals surface area contributed by atoms with Crippen molar-refractivity contribution in [1.29, 1.82) is 0 Å². The van der Waals surface area contributed by atoms with Crippen LogP contribution in [0, 0.1) is 5.41 Å². The van der Waals surface area contributed by atoms with Gasteiger partial charge in [0, 0.05) is 25.5 Å². The second-order valence-electron chi connectivity index (χ2n) is 6.26. The summed E-state index contributed by atoms with van der Waals surface area (Å²) in [5.74, 6) is 0. The van der Waals surface area contributed by atoms with Gasteiger partial charge in [0.2, 0.25) is 10.0 Å². The Balaban J connectivity index is 2.92. The van der Waals surface area contributed by atoms with E-state index in [0.29, 0.717) is 13.1 Å². The summed E-state index contributed by atoms with van der Waals surface area (Å²) in [6.07, 6.45) is 5.71. The van der Waals surface area contributed by atoms with Gasteiger partial charge < -0.3 is 0 Å². The maximum atomic E-state index is 12.6. The van der Waals surface area contributed by atoms with E-state index < -0.39 is 10.0 Å². The molecular formula is C15H26N2O2S. The van der Waals surface area contributed by atoms with Gasteiger partial charge in [0.25, 0.3) is 0 Å². The lowest BCUT2D eigenvalue weighted by atomic mass is 9.92. The van der Waals surface area contributed by atoms with Crippen molar-refractivity contribution in [3.8, 4) is 0 Å². The van der Waals surface area contributed by atoms with Crippen LogP contribution >= 0.6 is 0 Å². The van der Waals surface area contributed by atoms with Crippen LogP contribution in [0.25, 0.3) is 0 Å². The van der Waals surface area contributed by atoms with Crippen LogP contribution < -0.4 is 0 Å². The van der Waals surface area contributed by atoms with E-state index in [4.69, 9.17) is 0 Å². The standard InChI is InChI=1S/C15H26N2O2S/c1-5-6-11-17(12-9-15(2,3)4)20(18,19)14-8-7-10-16-13-14/h7-8,10,13H,5-6,9,11-12H2,1-4H3. The van der Waals surface area contributed by atoms with Gasteiger partial charge in [-0.15, -0.1) is 0 Å². The Labute approximate surface area is 123 Å². The Hall–Kier alpha value is -0.940. The van der Waals surface area contributed by atoms with Crippen molar-refractivity contribution in [2.75, 3.05) is 13.1 Å². The maximum absolute atomic E-state index is 12.6. The molecule has 0 aromatic carbocycles. The summed E-state index contributed by atoms with van der Waals surface area (Å²) in [7, 11) is -3.42. The summed E-state index contributed by atoms with van der Waals surface area (Å²) in [6, 6.07) is 3.27. The number of unbranched alkanes of at least 4 members (excludes halogenated alkanes) is 1. The molecule has 1 rings (SSSR count). The summed E-state index contributed by atoms with van der Waals surface area (Å²) in [5, 5.41) is 0. The fraction of sp³-hybridized carbons (Fsp3) is 0.667. The highest BCUT2D eigenvalue weighted by Crippen LogP contribution is 2.22. The quantitative estimate of drug-likeness (QED) is 0.776. The molecule has 0 saturated heterocycles. The first-order chi connectivity index (χ1) is 9.27. The Morgan fingerprint density at radius 1 is 1.25 bits per heavy atom. The molecule has 0 unspecified atom stereocenters. The predicted molar refractivity (Wildman–Crippen MR) is 82.0 cm³/mol. The van der Waals surface area contributed by atoms with Crippen LogP contribution in [-0.2, 0) is 10.0 Å². The molecule has 0 atom stereocenters. The van der Waals surface area contributed by atoms with Crippen molar-refractivity contribution < 1.29 is 8.42 Å². The smallest absolute Gasteiger partial charge is 0.244 e. The number of rotatable bonds is 7. The average molecular weight is 298 g/mol. The van der Waals surface area contributed by atoms with Crippen LogP contribution in [0.3, 0.4) is 0 Å². The third-order valence-corrected chi connectivity index (χ3v) is 5.03. The molecule has 4 nitrogen and oxygen atoms in total. The zero-order chi connectivity index (χ0) is 15.2. The van der Waals surface area contributed by atoms with Gasteiger partial charge in [-0.3, -0.25) is 4.98 Å². The van der Waals surface area contributed by atoms with Gasteiger partial charge in [0.15, 0.2) is 0 Å². The van der Waals surface area contributed by atoms with Crippen LogP contribution in [0.15, 0.2) is 29.4 Å². The second kappa shape index (κ2) is 7.18. The van der Waals surface area contributed by atoms with E-state index >= 15 is 0 Å². The number of aromatic nitrogens is 1. The first-order valence-corrected chi connectivity index (χ1v) is 8.61. The lowest BCUT2D eigenvalue weighted by molar-refractivity contribution is 0.308. The molecule has 0 spiro atoms. The zero-order valence-electron chi connectivity index (χ0n) is 13.0. The van der Waals surface area contributed by atoms with Crippen molar-refractivity contribution >= 4 is 10.0 Å². The summed E-state index contributed by atoms with van der Waals surface area (Å²) in [6.45, 7) is 9.58. The minimum Gasteiger partial charge on any atom is -0.263 e. The van der Waals surface area contributed by atoms with Gasteiger partial charge in [-0.05, 0) is 30.4 Å². The van der Waals surface area contributed by atoms with E-state index in [1.165, 1.54) is 6.20 Å². The SMILES string of the molecule is CCCCN(CCC(C)(C)C)S(=O)(=O)c1cccnc1. The highest BCUT2D eigenvalue weighted by Gasteiger charge is 2.25. The van der Waals surface area contributed by atoms with Crippen molar-refractivity contribution in [3.63, 3.8) is 0 Å². The molecule has 20 heavy (non-hydrogen) atoms. The fourth-order valence-electron chi connectivity index (χ4n) is 1.80. The maximum Gasteiger partial charge on any atom is 0.244 e. The first-order valence-electron chi connectivity index (χ1n) is 7.17. The summed E-state index contributed by atoms with van der Waals surface area (Å²) < 4.78 is 26.9. The van der Waals surface area contributed by atoms with E-state index in [2.05, 4.69) is 32.7 Å². The van der Waals surface area contributed by atoms with Crippen LogP contribution in [0.2, 0.25) is 0 Å². The minimum absolute atomic E-state index is 0.120. The lowest BCUT2D eigenvalue weighted by Gasteiger charge is -2.26. The van der Waals surface area contributed by atoms with Crippen molar-refractivity contribution in [3.05, 3.63) is 24.5 Å². The summed E-state index contributed by atoms with van der Waals surface area (Å²) in [4.78, 5) is 4.20. The Morgan fingerprint density at radius 2 is 1.95 bits per heavy atom. The molecule has 0 N–H and O–H groups in total. The molecule has 114 valence electrons. The van der Waals surface area contributed by atoms with Crippen LogP contribution in [0.4, 0.5) is 0 Å². The molecule has 0 saturated carbocycles. The van der Waals surface area contributed by atoms with E-state index in [1.54, 1.807) is 22.6 Å². The van der Waals surface area contributed by atoms with Gasteiger partial charge in [0.05, 0.1) is 0 Å². The number of hydrogen-bond acceptors (Lipinski definition) is 3. The van der Waals surface area contributed by atoms with Crippen LogP contribution in [0.1, 0.15) is 47.0 Å². The predicted octanol–water partition coefficient (Wildman–Crippen LogP) is 3.31. The van der Waals surface area contributed by atoms with Crippen LogP contribution in [0.5, 0.6) is 0 Å². The average Bonchev–Trinajstić information content (AvgIpc) is 2.38. The monoisotopic (exact) mass is 298 g/mol. The first kappa shape index (κ1) is 17.1. The van der Waals surface area contributed by atoms with E-state index in [0.717, 1.165) is 19.3 Å². The second-order valence-corrected chi connectivity index (χ2v) is 8.19. The topological polar surface area (TPSA) is 50.3 Å². The molecule has 5 heteroatoms. The highest BCUT2D eigenvalue weighted by atomic mass is 32.2. The normalized spacial score (nSPS) is 12.8. The Morgan fingerprint density at radius 3 is 2.45 bits per heavy atom. The van der Waals surface area contributed by atoms with Gasteiger partial charge in [-0.2, -0.15) is 4.31 Å². The number of sulfonamides is 1. The van der Waals surface area contributed by atoms with Crippen molar-refractivity contribution in [2.45, 2.75) is 51.9 Å². The molecule has 0 aliphatic carbocycles. The van der Waals surface area contributed by atoms with Crippen molar-refractivity contribution in [2.24, 2.45) is 5.41 Å². The number of pyridine rings is 1. The van der Waals surface area contributed by atoms with Crippen molar-refractivity contribution in [1.82, 2.24) is 9.29 Å². The lowest BCUT2D eigenvalue weighted by Crippen LogP contribution is -2.34. The highest BCUT2D eigenvalue weighted by molar-refractivity contribution is 7.89. The van der Waals surface area contributed by atoms with Gasteiger partial charge in [-0.25, -0.2) is 8.42 Å². The summed E-state index contributed by atoms with van der Waals surface area (Å²) in [5.41, 5.74) is 0.120. The molecule has 0 radical (unpaired) electrons. The molecule has 0 aliphatic rings. The molecule has 1 aromatic heterocycles. The third-order valence-electron chi connectivity index (χ3n) is 3.14. The molecule has 1 aromatic rings. The van der Waals surface area contributed by atoms with E-state index in [-0.39, 0.29) is 10.3 Å². The molecule has 0 amide bonds. The largest absolute Gasteiger partial charge is 0.263 e. The minimum atomic E-state index is -3.42. The van der Waals surface area contributed by atoms with E-state index in [1.807, 2.05) is 0 Å². The molecular weight excluding hydrogens is 272 g/mol.